The van der Waals surface area contributed by atoms with E-state index in [1.165, 1.54) is 32.1 Å². The zero-order valence-electron chi connectivity index (χ0n) is 10.3. The molecule has 0 aromatic heterocycles. The van der Waals surface area contributed by atoms with Crippen molar-refractivity contribution in [3.8, 4) is 6.07 Å². The molecule has 0 heterocycles. The minimum Gasteiger partial charge on any atom is -0.377 e. The number of ether oxygens (including phenoxy) is 1. The molecular weight excluding hydrogens is 186 g/mol. The summed E-state index contributed by atoms with van der Waals surface area (Å²) < 4.78 is 5.62. The Morgan fingerprint density at radius 1 is 1.07 bits per heavy atom. The highest BCUT2D eigenvalue weighted by Crippen LogP contribution is 2.07. The lowest BCUT2D eigenvalue weighted by molar-refractivity contribution is 0.0512. The lowest BCUT2D eigenvalue weighted by Gasteiger charge is -2.12. The molecule has 0 aliphatic heterocycles. The van der Waals surface area contributed by atoms with Crippen LogP contribution < -0.4 is 0 Å². The Hall–Kier alpha value is -0.550. The smallest absolute Gasteiger partial charge is 0.0702 e. The largest absolute Gasteiger partial charge is 0.377 e. The molecule has 15 heavy (non-hydrogen) atoms. The lowest BCUT2D eigenvalue weighted by atomic mass is 10.1. The second-order valence-electron chi connectivity index (χ2n) is 4.03. The molecule has 0 fully saturated rings. The van der Waals surface area contributed by atoms with E-state index < -0.39 is 0 Å². The number of nitrogens with zero attached hydrogens (tertiary/aromatic N) is 1. The van der Waals surface area contributed by atoms with E-state index in [4.69, 9.17) is 10.00 Å². The van der Waals surface area contributed by atoms with Crippen LogP contribution >= 0.6 is 0 Å². The Bertz CT molecular complexity index is 162. The van der Waals surface area contributed by atoms with Crippen LogP contribution in [-0.4, -0.2) is 12.7 Å². The summed E-state index contributed by atoms with van der Waals surface area (Å²) in [5.74, 6) is 0. The fraction of sp³-hybridized carbons (Fsp3) is 0.923. The van der Waals surface area contributed by atoms with E-state index in [9.17, 15) is 0 Å². The van der Waals surface area contributed by atoms with Crippen LogP contribution in [0.1, 0.15) is 65.2 Å². The Balaban J connectivity index is 3.18. The summed E-state index contributed by atoms with van der Waals surface area (Å²) in [5.41, 5.74) is 0. The topological polar surface area (TPSA) is 33.0 Å². The van der Waals surface area contributed by atoms with Crippen LogP contribution in [0.3, 0.4) is 0 Å². The first-order chi connectivity index (χ1) is 7.35. The van der Waals surface area contributed by atoms with Crippen molar-refractivity contribution >= 4 is 0 Å². The fourth-order valence-corrected chi connectivity index (χ4v) is 1.56. The molecule has 0 aromatic carbocycles. The molecule has 0 aliphatic carbocycles. The van der Waals surface area contributed by atoms with E-state index in [2.05, 4.69) is 19.9 Å². The number of nitriles is 1. The second kappa shape index (κ2) is 11.5. The first kappa shape index (κ1) is 14.5. The van der Waals surface area contributed by atoms with Crippen LogP contribution in [0.5, 0.6) is 0 Å². The van der Waals surface area contributed by atoms with Crippen molar-refractivity contribution in [2.24, 2.45) is 0 Å². The average molecular weight is 211 g/mol. The normalized spacial score (nSPS) is 12.3. The van der Waals surface area contributed by atoms with Gasteiger partial charge < -0.3 is 4.74 Å². The van der Waals surface area contributed by atoms with Crippen molar-refractivity contribution in [2.45, 2.75) is 71.3 Å². The molecule has 0 saturated carbocycles. The maximum atomic E-state index is 8.54. The van der Waals surface area contributed by atoms with Crippen LogP contribution in [0.15, 0.2) is 0 Å². The van der Waals surface area contributed by atoms with Crippen molar-refractivity contribution in [1.29, 1.82) is 5.26 Å². The molecule has 0 N–H and O–H groups in total. The summed E-state index contributed by atoms with van der Waals surface area (Å²) in [4.78, 5) is 0. The monoisotopic (exact) mass is 211 g/mol. The minimum atomic E-state index is 0.158. The average Bonchev–Trinajstić information content (AvgIpc) is 2.26. The Morgan fingerprint density at radius 2 is 1.73 bits per heavy atom. The third kappa shape index (κ3) is 9.75. The molecule has 0 aliphatic rings. The molecule has 1 atom stereocenters. The van der Waals surface area contributed by atoms with Crippen molar-refractivity contribution < 1.29 is 4.74 Å². The fourth-order valence-electron chi connectivity index (χ4n) is 1.56. The minimum absolute atomic E-state index is 0.158. The van der Waals surface area contributed by atoms with Crippen LogP contribution in [0, 0.1) is 11.3 Å². The van der Waals surface area contributed by atoms with E-state index in [0.29, 0.717) is 6.42 Å². The number of unbranched alkanes of at least 4 members (excludes halogenated alkanes) is 5. The molecule has 0 bridgehead atoms. The molecule has 1 unspecified atom stereocenters. The van der Waals surface area contributed by atoms with E-state index in [0.717, 1.165) is 19.4 Å². The van der Waals surface area contributed by atoms with Gasteiger partial charge in [-0.15, -0.1) is 0 Å². The van der Waals surface area contributed by atoms with E-state index in [1.807, 2.05) is 0 Å². The highest BCUT2D eigenvalue weighted by Gasteiger charge is 2.04. The second-order valence-corrected chi connectivity index (χ2v) is 4.03. The summed E-state index contributed by atoms with van der Waals surface area (Å²) in [7, 11) is 0. The zero-order chi connectivity index (χ0) is 11.4. The van der Waals surface area contributed by atoms with Gasteiger partial charge in [-0.1, -0.05) is 46.0 Å². The summed E-state index contributed by atoms with van der Waals surface area (Å²) in [6, 6.07) is 2.16. The summed E-state index contributed by atoms with van der Waals surface area (Å²) in [6.45, 7) is 5.13. The highest BCUT2D eigenvalue weighted by molar-refractivity contribution is 4.75. The van der Waals surface area contributed by atoms with Crippen molar-refractivity contribution in [3.05, 3.63) is 0 Å². The predicted octanol–water partition coefficient (Wildman–Crippen LogP) is 4.06. The van der Waals surface area contributed by atoms with Gasteiger partial charge in [-0.2, -0.15) is 5.26 Å². The maximum absolute atomic E-state index is 8.54. The van der Waals surface area contributed by atoms with Gasteiger partial charge in [0, 0.05) is 6.61 Å². The number of hydrogen-bond donors (Lipinski definition) is 0. The maximum Gasteiger partial charge on any atom is 0.0702 e. The molecule has 0 spiro atoms. The van der Waals surface area contributed by atoms with E-state index >= 15 is 0 Å². The van der Waals surface area contributed by atoms with Crippen LogP contribution in [-0.2, 0) is 4.74 Å². The quantitative estimate of drug-likeness (QED) is 0.511. The molecule has 0 rings (SSSR count). The Kier molecular flexibility index (Phi) is 11.1. The number of hydrogen-bond acceptors (Lipinski definition) is 2. The van der Waals surface area contributed by atoms with Crippen molar-refractivity contribution in [1.82, 2.24) is 0 Å². The SMILES string of the molecule is CCCCCCCCOC(CC)CC#N. The molecule has 0 radical (unpaired) electrons. The van der Waals surface area contributed by atoms with Crippen LogP contribution in [0.4, 0.5) is 0 Å². The summed E-state index contributed by atoms with van der Waals surface area (Å²) in [5, 5.41) is 8.54. The van der Waals surface area contributed by atoms with Crippen molar-refractivity contribution in [2.75, 3.05) is 6.61 Å². The molecule has 0 aromatic rings. The standard InChI is InChI=1S/C13H25NO/c1-3-5-6-7-8-9-12-15-13(4-2)10-11-14/h13H,3-10,12H2,1-2H3. The molecule has 2 nitrogen and oxygen atoms in total. The van der Waals surface area contributed by atoms with Gasteiger partial charge in [-0.3, -0.25) is 0 Å². The molecule has 0 amide bonds. The molecule has 88 valence electrons. The highest BCUT2D eigenvalue weighted by atomic mass is 16.5. The number of rotatable bonds is 10. The molecule has 2 heteroatoms. The Labute approximate surface area is 94.6 Å². The van der Waals surface area contributed by atoms with E-state index in [1.54, 1.807) is 0 Å². The van der Waals surface area contributed by atoms with Gasteiger partial charge in [0.15, 0.2) is 0 Å². The van der Waals surface area contributed by atoms with Gasteiger partial charge in [0.05, 0.1) is 18.6 Å². The summed E-state index contributed by atoms with van der Waals surface area (Å²) in [6.07, 6.45) is 9.39. The van der Waals surface area contributed by atoms with Gasteiger partial charge in [0.2, 0.25) is 0 Å². The van der Waals surface area contributed by atoms with Gasteiger partial charge in [0.1, 0.15) is 0 Å². The third-order valence-corrected chi connectivity index (χ3v) is 2.63. The lowest BCUT2D eigenvalue weighted by Crippen LogP contribution is -2.11. The predicted molar refractivity (Wildman–Crippen MR) is 63.6 cm³/mol. The van der Waals surface area contributed by atoms with Crippen molar-refractivity contribution in [3.63, 3.8) is 0 Å². The zero-order valence-corrected chi connectivity index (χ0v) is 10.3. The van der Waals surface area contributed by atoms with Gasteiger partial charge >= 0.3 is 0 Å². The molecule has 0 saturated heterocycles. The first-order valence-corrected chi connectivity index (χ1v) is 6.33. The third-order valence-electron chi connectivity index (χ3n) is 2.63. The summed E-state index contributed by atoms with van der Waals surface area (Å²) >= 11 is 0. The van der Waals surface area contributed by atoms with Crippen LogP contribution in [0.25, 0.3) is 0 Å². The van der Waals surface area contributed by atoms with Gasteiger partial charge in [-0.05, 0) is 12.8 Å². The Morgan fingerprint density at radius 3 is 2.33 bits per heavy atom. The van der Waals surface area contributed by atoms with Crippen LogP contribution in [0.2, 0.25) is 0 Å². The molecular formula is C13H25NO. The van der Waals surface area contributed by atoms with E-state index in [-0.39, 0.29) is 6.10 Å². The van der Waals surface area contributed by atoms with Gasteiger partial charge in [0.25, 0.3) is 0 Å². The van der Waals surface area contributed by atoms with Gasteiger partial charge in [-0.25, -0.2) is 0 Å². The first-order valence-electron chi connectivity index (χ1n) is 6.33.